The molecule has 2 atom stereocenters. The average molecular weight is 276 g/mol. The van der Waals surface area contributed by atoms with E-state index in [1.807, 2.05) is 11.6 Å². The monoisotopic (exact) mass is 276 g/mol. The van der Waals surface area contributed by atoms with Gasteiger partial charge in [-0.3, -0.25) is 4.79 Å². The number of aromatic nitrogens is 1. The average Bonchev–Trinajstić information content (AvgIpc) is 2.86. The van der Waals surface area contributed by atoms with Crippen molar-refractivity contribution < 1.29 is 9.90 Å². The lowest BCUT2D eigenvalue weighted by atomic mass is 9.85. The number of carboxylic acids is 1. The van der Waals surface area contributed by atoms with E-state index in [2.05, 4.69) is 22.4 Å². The number of nitrogens with zero attached hydrogens (tertiary/aromatic N) is 1. The van der Waals surface area contributed by atoms with Crippen LogP contribution in [-0.2, 0) is 11.2 Å². The summed E-state index contributed by atoms with van der Waals surface area (Å²) >= 11 is 1.63. The van der Waals surface area contributed by atoms with E-state index in [9.17, 15) is 9.90 Å². The van der Waals surface area contributed by atoms with Crippen LogP contribution >= 0.6 is 11.3 Å². The van der Waals surface area contributed by atoms with E-state index in [1.165, 1.54) is 10.3 Å². The first-order chi connectivity index (χ1) is 9.24. The number of nitrogens with one attached hydrogen (secondary N) is 1. The van der Waals surface area contributed by atoms with Crippen molar-refractivity contribution >= 4 is 27.5 Å². The Hall–Kier alpha value is -1.46. The predicted molar refractivity (Wildman–Crippen MR) is 75.5 cm³/mol. The van der Waals surface area contributed by atoms with Crippen molar-refractivity contribution in [3.63, 3.8) is 0 Å². The molecule has 19 heavy (non-hydrogen) atoms. The predicted octanol–water partition coefficient (Wildman–Crippen LogP) is 2.29. The van der Waals surface area contributed by atoms with Crippen molar-refractivity contribution in [3.05, 3.63) is 29.3 Å². The lowest BCUT2D eigenvalue weighted by Gasteiger charge is -2.29. The van der Waals surface area contributed by atoms with E-state index >= 15 is 0 Å². The first kappa shape index (κ1) is 12.6. The van der Waals surface area contributed by atoms with Crippen LogP contribution in [0.15, 0.2) is 23.7 Å². The fourth-order valence-electron chi connectivity index (χ4n) is 2.79. The van der Waals surface area contributed by atoms with E-state index in [-0.39, 0.29) is 5.92 Å². The summed E-state index contributed by atoms with van der Waals surface area (Å²) in [4.78, 5) is 15.5. The number of carbonyl (C=O) groups is 1. The zero-order valence-corrected chi connectivity index (χ0v) is 11.3. The molecule has 2 unspecified atom stereocenters. The molecule has 4 nitrogen and oxygen atoms in total. The van der Waals surface area contributed by atoms with Crippen LogP contribution < -0.4 is 5.32 Å². The molecule has 1 aliphatic heterocycles. The van der Waals surface area contributed by atoms with E-state index < -0.39 is 12.0 Å². The summed E-state index contributed by atoms with van der Waals surface area (Å²) < 4.78 is 1.17. The summed E-state index contributed by atoms with van der Waals surface area (Å²) in [5.41, 5.74) is 4.07. The fourth-order valence-corrected chi connectivity index (χ4v) is 3.53. The molecule has 0 aliphatic carbocycles. The third-order valence-corrected chi connectivity index (χ3v) is 4.54. The van der Waals surface area contributed by atoms with Gasteiger partial charge >= 0.3 is 5.97 Å². The minimum absolute atomic E-state index is 0.177. The number of piperidine rings is 1. The summed E-state index contributed by atoms with van der Waals surface area (Å²) in [6.07, 6.45) is 2.85. The summed E-state index contributed by atoms with van der Waals surface area (Å²) in [7, 11) is 0. The summed E-state index contributed by atoms with van der Waals surface area (Å²) in [6, 6.07) is 5.81. The van der Waals surface area contributed by atoms with Crippen LogP contribution in [-0.4, -0.2) is 28.6 Å². The second-order valence-electron chi connectivity index (χ2n) is 5.03. The quantitative estimate of drug-likeness (QED) is 0.903. The number of fused-ring (bicyclic) bond motifs is 1. The van der Waals surface area contributed by atoms with Gasteiger partial charge in [0.15, 0.2) is 0 Å². The van der Waals surface area contributed by atoms with Gasteiger partial charge in [0, 0.05) is 0 Å². The topological polar surface area (TPSA) is 62.2 Å². The van der Waals surface area contributed by atoms with E-state index in [1.54, 1.807) is 11.3 Å². The van der Waals surface area contributed by atoms with Crippen molar-refractivity contribution in [3.8, 4) is 0 Å². The highest BCUT2D eigenvalue weighted by atomic mass is 32.1. The maximum Gasteiger partial charge on any atom is 0.320 e. The molecule has 1 saturated heterocycles. The van der Waals surface area contributed by atoms with E-state index in [4.69, 9.17) is 0 Å². The van der Waals surface area contributed by atoms with Crippen LogP contribution in [0.5, 0.6) is 0 Å². The van der Waals surface area contributed by atoms with Gasteiger partial charge in [0.05, 0.1) is 15.7 Å². The Morgan fingerprint density at radius 1 is 1.53 bits per heavy atom. The Morgan fingerprint density at radius 2 is 2.42 bits per heavy atom. The second kappa shape index (κ2) is 5.27. The van der Waals surface area contributed by atoms with Gasteiger partial charge in [-0.2, -0.15) is 0 Å². The largest absolute Gasteiger partial charge is 0.480 e. The minimum Gasteiger partial charge on any atom is -0.480 e. The standard InChI is InChI=1S/C14H16N2O2S/c17-14(18)13-10(2-1-5-15-13)6-9-3-4-11-12(7-9)19-8-16-11/h3-4,7-8,10,13,15H,1-2,5-6H2,(H,17,18). The normalized spacial score (nSPS) is 23.6. The molecule has 5 heteroatoms. The van der Waals surface area contributed by atoms with Gasteiger partial charge in [-0.05, 0) is 49.4 Å². The van der Waals surface area contributed by atoms with Crippen molar-refractivity contribution in [2.24, 2.45) is 5.92 Å². The van der Waals surface area contributed by atoms with Gasteiger partial charge < -0.3 is 10.4 Å². The molecule has 2 heterocycles. The van der Waals surface area contributed by atoms with E-state index in [0.29, 0.717) is 0 Å². The van der Waals surface area contributed by atoms with Crippen molar-refractivity contribution in [1.82, 2.24) is 10.3 Å². The number of rotatable bonds is 3. The van der Waals surface area contributed by atoms with E-state index in [0.717, 1.165) is 31.3 Å². The van der Waals surface area contributed by atoms with Gasteiger partial charge in [-0.1, -0.05) is 6.07 Å². The molecular weight excluding hydrogens is 260 g/mol. The summed E-state index contributed by atoms with van der Waals surface area (Å²) in [6.45, 7) is 0.807. The molecule has 1 aliphatic rings. The maximum atomic E-state index is 11.3. The Balaban J connectivity index is 1.80. The third kappa shape index (κ3) is 2.62. The number of hydrogen-bond donors (Lipinski definition) is 2. The van der Waals surface area contributed by atoms with Crippen LogP contribution in [0.4, 0.5) is 0 Å². The number of thiazole rings is 1. The van der Waals surface area contributed by atoms with Crippen LogP contribution in [0.1, 0.15) is 18.4 Å². The van der Waals surface area contributed by atoms with Gasteiger partial charge in [0.25, 0.3) is 0 Å². The van der Waals surface area contributed by atoms with Crippen LogP contribution in [0, 0.1) is 5.92 Å². The molecule has 0 spiro atoms. The second-order valence-corrected chi connectivity index (χ2v) is 5.92. The van der Waals surface area contributed by atoms with Crippen LogP contribution in [0.25, 0.3) is 10.2 Å². The van der Waals surface area contributed by atoms with Crippen molar-refractivity contribution in [2.45, 2.75) is 25.3 Å². The molecule has 0 saturated carbocycles. The zero-order chi connectivity index (χ0) is 13.2. The van der Waals surface area contributed by atoms with Gasteiger partial charge in [-0.15, -0.1) is 11.3 Å². The summed E-state index contributed by atoms with van der Waals surface area (Å²) in [5.74, 6) is -0.555. The lowest BCUT2D eigenvalue weighted by molar-refractivity contribution is -0.141. The minimum atomic E-state index is -0.733. The number of aliphatic carboxylic acids is 1. The zero-order valence-electron chi connectivity index (χ0n) is 10.5. The molecule has 0 radical (unpaired) electrons. The Kier molecular flexibility index (Phi) is 3.48. The maximum absolute atomic E-state index is 11.3. The number of benzene rings is 1. The van der Waals surface area contributed by atoms with Gasteiger partial charge in [0.2, 0.25) is 0 Å². The first-order valence-corrected chi connectivity index (χ1v) is 7.40. The van der Waals surface area contributed by atoms with Crippen LogP contribution in [0.2, 0.25) is 0 Å². The molecule has 0 amide bonds. The first-order valence-electron chi connectivity index (χ1n) is 6.52. The third-order valence-electron chi connectivity index (χ3n) is 3.75. The molecule has 1 aromatic carbocycles. The highest BCUT2D eigenvalue weighted by Crippen LogP contribution is 2.25. The molecule has 2 N–H and O–H groups in total. The van der Waals surface area contributed by atoms with Crippen molar-refractivity contribution in [2.75, 3.05) is 6.54 Å². The Labute approximate surface area is 115 Å². The molecule has 3 rings (SSSR count). The van der Waals surface area contributed by atoms with Crippen LogP contribution in [0.3, 0.4) is 0 Å². The van der Waals surface area contributed by atoms with Gasteiger partial charge in [0.1, 0.15) is 6.04 Å². The Morgan fingerprint density at radius 3 is 3.26 bits per heavy atom. The number of carboxylic acid groups (broad SMARTS) is 1. The molecule has 1 aromatic heterocycles. The highest BCUT2D eigenvalue weighted by Gasteiger charge is 2.30. The molecule has 100 valence electrons. The smallest absolute Gasteiger partial charge is 0.320 e. The molecule has 2 aromatic rings. The highest BCUT2D eigenvalue weighted by molar-refractivity contribution is 7.16. The summed E-state index contributed by atoms with van der Waals surface area (Å²) in [5, 5.41) is 12.4. The van der Waals surface area contributed by atoms with Gasteiger partial charge in [-0.25, -0.2) is 4.98 Å². The molecule has 0 bridgehead atoms. The molecule has 1 fully saturated rings. The Bertz CT molecular complexity index is 596. The van der Waals surface area contributed by atoms with Crippen molar-refractivity contribution in [1.29, 1.82) is 0 Å². The number of hydrogen-bond acceptors (Lipinski definition) is 4. The lowest BCUT2D eigenvalue weighted by Crippen LogP contribution is -2.47. The SMILES string of the molecule is O=C(O)C1NCCCC1Cc1ccc2ncsc2c1. The fraction of sp³-hybridized carbons (Fsp3) is 0.429. The molecular formula is C14H16N2O2S.